The summed E-state index contributed by atoms with van der Waals surface area (Å²) in [5.74, 6) is 0.969. The van der Waals surface area contributed by atoms with Gasteiger partial charge in [-0.3, -0.25) is 0 Å². The summed E-state index contributed by atoms with van der Waals surface area (Å²) < 4.78 is 5.04. The van der Waals surface area contributed by atoms with Crippen molar-refractivity contribution in [2.75, 3.05) is 33.9 Å². The Kier molecular flexibility index (Phi) is 4.62. The van der Waals surface area contributed by atoms with Crippen molar-refractivity contribution >= 4 is 0 Å². The van der Waals surface area contributed by atoms with Crippen LogP contribution in [0, 0.1) is 5.92 Å². The van der Waals surface area contributed by atoms with Gasteiger partial charge in [-0.05, 0) is 51.7 Å². The molecule has 0 aromatic rings. The number of methoxy groups -OCH3 is 1. The molecule has 0 aliphatic carbocycles. The zero-order valence-electron chi connectivity index (χ0n) is 8.38. The van der Waals surface area contributed by atoms with Gasteiger partial charge in [0.25, 0.3) is 0 Å². The van der Waals surface area contributed by atoms with Crippen molar-refractivity contribution in [1.82, 2.24) is 4.90 Å². The molecular weight excluding hydrogens is 150 g/mol. The highest BCUT2D eigenvalue weighted by Gasteiger charge is 2.15. The molecule has 1 saturated heterocycles. The SMILES string of the molecule is COCCCC1CCN(C)CC1. The maximum atomic E-state index is 5.04. The summed E-state index contributed by atoms with van der Waals surface area (Å²) in [6.07, 6.45) is 5.38. The first kappa shape index (κ1) is 10.0. The third-order valence-corrected chi connectivity index (χ3v) is 2.80. The van der Waals surface area contributed by atoms with Gasteiger partial charge >= 0.3 is 0 Å². The minimum Gasteiger partial charge on any atom is -0.385 e. The van der Waals surface area contributed by atoms with E-state index in [2.05, 4.69) is 11.9 Å². The summed E-state index contributed by atoms with van der Waals surface area (Å²) in [5, 5.41) is 0. The summed E-state index contributed by atoms with van der Waals surface area (Å²) in [7, 11) is 4.00. The van der Waals surface area contributed by atoms with Crippen LogP contribution in [0.1, 0.15) is 25.7 Å². The molecular formula is C10H21NO. The number of nitrogens with zero attached hydrogens (tertiary/aromatic N) is 1. The maximum absolute atomic E-state index is 5.04. The largest absolute Gasteiger partial charge is 0.385 e. The second-order valence-corrected chi connectivity index (χ2v) is 3.88. The van der Waals surface area contributed by atoms with Crippen LogP contribution in [0.2, 0.25) is 0 Å². The summed E-state index contributed by atoms with van der Waals surface area (Å²) in [6.45, 7) is 3.52. The third-order valence-electron chi connectivity index (χ3n) is 2.80. The van der Waals surface area contributed by atoms with Crippen LogP contribution in [0.3, 0.4) is 0 Å². The first-order valence-corrected chi connectivity index (χ1v) is 5.00. The zero-order chi connectivity index (χ0) is 8.81. The van der Waals surface area contributed by atoms with Crippen molar-refractivity contribution in [2.45, 2.75) is 25.7 Å². The van der Waals surface area contributed by atoms with Gasteiger partial charge in [0.15, 0.2) is 0 Å². The number of hydrogen-bond donors (Lipinski definition) is 0. The van der Waals surface area contributed by atoms with Crippen LogP contribution < -0.4 is 0 Å². The Morgan fingerprint density at radius 2 is 2.00 bits per heavy atom. The third kappa shape index (κ3) is 3.55. The minimum absolute atomic E-state index is 0.937. The fourth-order valence-electron chi connectivity index (χ4n) is 1.87. The van der Waals surface area contributed by atoms with Crippen molar-refractivity contribution in [3.63, 3.8) is 0 Å². The van der Waals surface area contributed by atoms with Gasteiger partial charge in [-0.2, -0.15) is 0 Å². The van der Waals surface area contributed by atoms with Gasteiger partial charge in [-0.1, -0.05) is 0 Å². The lowest BCUT2D eigenvalue weighted by atomic mass is 9.93. The maximum Gasteiger partial charge on any atom is 0.0462 e. The fraction of sp³-hybridized carbons (Fsp3) is 1.00. The molecule has 0 N–H and O–H groups in total. The predicted octanol–water partition coefficient (Wildman–Crippen LogP) is 1.75. The van der Waals surface area contributed by atoms with Crippen LogP contribution in [0.5, 0.6) is 0 Å². The summed E-state index contributed by atoms with van der Waals surface area (Å²) in [5.41, 5.74) is 0. The molecule has 1 rings (SSSR count). The molecule has 1 heterocycles. The Balaban J connectivity index is 2.01. The van der Waals surface area contributed by atoms with E-state index in [1.807, 2.05) is 0 Å². The number of piperidine rings is 1. The molecule has 1 fully saturated rings. The second kappa shape index (κ2) is 5.55. The van der Waals surface area contributed by atoms with Crippen LogP contribution in [0.4, 0.5) is 0 Å². The van der Waals surface area contributed by atoms with Crippen molar-refractivity contribution < 1.29 is 4.74 Å². The van der Waals surface area contributed by atoms with Gasteiger partial charge in [0.1, 0.15) is 0 Å². The van der Waals surface area contributed by atoms with E-state index in [0.29, 0.717) is 0 Å². The average molecular weight is 171 g/mol. The average Bonchev–Trinajstić information content (AvgIpc) is 2.09. The molecule has 0 amide bonds. The van der Waals surface area contributed by atoms with Gasteiger partial charge in [-0.25, -0.2) is 0 Å². The van der Waals surface area contributed by atoms with E-state index < -0.39 is 0 Å². The summed E-state index contributed by atoms with van der Waals surface area (Å²) in [4.78, 5) is 2.42. The van der Waals surface area contributed by atoms with Crippen LogP contribution >= 0.6 is 0 Å². The highest BCUT2D eigenvalue weighted by atomic mass is 16.5. The molecule has 72 valence electrons. The lowest BCUT2D eigenvalue weighted by Crippen LogP contribution is -2.30. The highest BCUT2D eigenvalue weighted by molar-refractivity contribution is 4.69. The Bertz CT molecular complexity index is 108. The first-order valence-electron chi connectivity index (χ1n) is 5.00. The normalized spacial score (nSPS) is 21.5. The van der Waals surface area contributed by atoms with Crippen LogP contribution in [-0.4, -0.2) is 38.8 Å². The van der Waals surface area contributed by atoms with Crippen molar-refractivity contribution in [3.05, 3.63) is 0 Å². The standard InChI is InChI=1S/C10H21NO/c1-11-7-5-10(6-8-11)4-3-9-12-2/h10H,3-9H2,1-2H3. The van der Waals surface area contributed by atoms with E-state index in [9.17, 15) is 0 Å². The number of ether oxygens (including phenoxy) is 1. The molecule has 2 nitrogen and oxygen atoms in total. The molecule has 2 heteroatoms. The Morgan fingerprint density at radius 1 is 1.33 bits per heavy atom. The smallest absolute Gasteiger partial charge is 0.0462 e. The molecule has 1 aliphatic heterocycles. The van der Waals surface area contributed by atoms with Gasteiger partial charge in [0, 0.05) is 13.7 Å². The van der Waals surface area contributed by atoms with Gasteiger partial charge in [0.2, 0.25) is 0 Å². The van der Waals surface area contributed by atoms with E-state index in [1.54, 1.807) is 7.11 Å². The molecule has 0 bridgehead atoms. The predicted molar refractivity (Wildman–Crippen MR) is 51.3 cm³/mol. The van der Waals surface area contributed by atoms with Crippen LogP contribution in [-0.2, 0) is 4.74 Å². The van der Waals surface area contributed by atoms with Crippen molar-refractivity contribution in [2.24, 2.45) is 5.92 Å². The molecule has 0 radical (unpaired) electrons. The van der Waals surface area contributed by atoms with E-state index in [1.165, 1.54) is 38.8 Å². The van der Waals surface area contributed by atoms with Gasteiger partial charge < -0.3 is 9.64 Å². The molecule has 0 atom stereocenters. The number of likely N-dealkylation sites (tertiary alicyclic amines) is 1. The summed E-state index contributed by atoms with van der Waals surface area (Å²) in [6, 6.07) is 0. The molecule has 0 aromatic carbocycles. The van der Waals surface area contributed by atoms with Gasteiger partial charge in [0.05, 0.1) is 0 Å². The highest BCUT2D eigenvalue weighted by Crippen LogP contribution is 2.20. The number of hydrogen-bond acceptors (Lipinski definition) is 2. The lowest BCUT2D eigenvalue weighted by Gasteiger charge is -2.28. The monoisotopic (exact) mass is 171 g/mol. The number of rotatable bonds is 4. The molecule has 0 saturated carbocycles. The minimum atomic E-state index is 0.937. The molecule has 1 aliphatic rings. The fourth-order valence-corrected chi connectivity index (χ4v) is 1.87. The second-order valence-electron chi connectivity index (χ2n) is 3.88. The molecule has 12 heavy (non-hydrogen) atoms. The Hall–Kier alpha value is -0.0800. The van der Waals surface area contributed by atoms with E-state index >= 15 is 0 Å². The van der Waals surface area contributed by atoms with E-state index in [0.717, 1.165) is 12.5 Å². The van der Waals surface area contributed by atoms with E-state index in [4.69, 9.17) is 4.74 Å². The van der Waals surface area contributed by atoms with Crippen LogP contribution in [0.25, 0.3) is 0 Å². The quantitative estimate of drug-likeness (QED) is 0.598. The topological polar surface area (TPSA) is 12.5 Å². The summed E-state index contributed by atoms with van der Waals surface area (Å²) >= 11 is 0. The molecule has 0 aromatic heterocycles. The Morgan fingerprint density at radius 3 is 2.58 bits per heavy atom. The van der Waals surface area contributed by atoms with Crippen molar-refractivity contribution in [3.8, 4) is 0 Å². The zero-order valence-corrected chi connectivity index (χ0v) is 8.38. The lowest BCUT2D eigenvalue weighted by molar-refractivity contribution is 0.168. The first-order chi connectivity index (χ1) is 5.83. The van der Waals surface area contributed by atoms with Crippen LogP contribution in [0.15, 0.2) is 0 Å². The van der Waals surface area contributed by atoms with Crippen molar-refractivity contribution in [1.29, 1.82) is 0 Å². The van der Waals surface area contributed by atoms with Gasteiger partial charge in [-0.15, -0.1) is 0 Å². The molecule has 0 unspecified atom stereocenters. The molecule has 0 spiro atoms. The Labute approximate surface area is 75.9 Å². The van der Waals surface area contributed by atoms with E-state index in [-0.39, 0.29) is 0 Å².